The van der Waals surface area contributed by atoms with Crippen molar-refractivity contribution in [3.63, 3.8) is 0 Å². The van der Waals surface area contributed by atoms with E-state index in [-0.39, 0.29) is 5.75 Å². The van der Waals surface area contributed by atoms with Crippen LogP contribution in [0.3, 0.4) is 0 Å². The standard InChI is InChI=1S/C14H12F2N2OS/c15-13(16)19-12-8-6-11(7-9-12)18-14(20)17-10-4-2-1-3-5-10/h1-9,13H,(H2,17,18,20). The summed E-state index contributed by atoms with van der Waals surface area (Å²) in [5.41, 5.74) is 1.54. The molecule has 2 aromatic carbocycles. The van der Waals surface area contributed by atoms with Crippen LogP contribution in [0.4, 0.5) is 20.2 Å². The first-order valence-corrected chi connectivity index (χ1v) is 6.22. The monoisotopic (exact) mass is 294 g/mol. The van der Waals surface area contributed by atoms with Gasteiger partial charge in [-0.25, -0.2) is 0 Å². The number of thiocarbonyl (C=S) groups is 1. The second-order valence-electron chi connectivity index (χ2n) is 3.85. The lowest BCUT2D eigenvalue weighted by molar-refractivity contribution is -0.0498. The summed E-state index contributed by atoms with van der Waals surface area (Å²) in [5.74, 6) is 0.104. The maximum Gasteiger partial charge on any atom is 0.387 e. The molecule has 0 saturated carbocycles. The zero-order chi connectivity index (χ0) is 14.4. The zero-order valence-electron chi connectivity index (χ0n) is 10.3. The van der Waals surface area contributed by atoms with E-state index in [1.807, 2.05) is 30.3 Å². The summed E-state index contributed by atoms with van der Waals surface area (Å²) in [5, 5.41) is 6.37. The predicted octanol–water partition coefficient (Wildman–Crippen LogP) is 4.10. The molecule has 2 aromatic rings. The van der Waals surface area contributed by atoms with Crippen molar-refractivity contribution < 1.29 is 13.5 Å². The van der Waals surface area contributed by atoms with Crippen molar-refractivity contribution in [3.8, 4) is 5.75 Å². The lowest BCUT2D eigenvalue weighted by Crippen LogP contribution is -2.18. The Labute approximate surface area is 120 Å². The molecule has 0 fully saturated rings. The summed E-state index contributed by atoms with van der Waals surface area (Å²) in [6.45, 7) is -2.82. The van der Waals surface area contributed by atoms with Gasteiger partial charge in [-0.3, -0.25) is 0 Å². The molecule has 2 N–H and O–H groups in total. The van der Waals surface area contributed by atoms with Gasteiger partial charge in [0.1, 0.15) is 5.75 Å². The summed E-state index contributed by atoms with van der Waals surface area (Å²) in [6, 6.07) is 15.6. The molecular weight excluding hydrogens is 282 g/mol. The molecule has 0 unspecified atom stereocenters. The van der Waals surface area contributed by atoms with Crippen molar-refractivity contribution in [2.45, 2.75) is 6.61 Å². The van der Waals surface area contributed by atoms with Gasteiger partial charge in [-0.15, -0.1) is 0 Å². The highest BCUT2D eigenvalue weighted by Gasteiger charge is 2.04. The number of anilines is 2. The van der Waals surface area contributed by atoms with Gasteiger partial charge in [-0.1, -0.05) is 18.2 Å². The van der Waals surface area contributed by atoms with Crippen molar-refractivity contribution in [2.75, 3.05) is 10.6 Å². The fourth-order valence-electron chi connectivity index (χ4n) is 1.53. The third-order valence-corrected chi connectivity index (χ3v) is 2.57. The smallest absolute Gasteiger partial charge is 0.387 e. The summed E-state index contributed by atoms with van der Waals surface area (Å²) >= 11 is 5.15. The zero-order valence-corrected chi connectivity index (χ0v) is 11.2. The van der Waals surface area contributed by atoms with Crippen molar-refractivity contribution in [1.82, 2.24) is 0 Å². The van der Waals surface area contributed by atoms with Crippen LogP contribution in [0.5, 0.6) is 5.75 Å². The third-order valence-electron chi connectivity index (χ3n) is 2.37. The second kappa shape index (κ2) is 6.81. The molecular formula is C14H12F2N2OS. The second-order valence-corrected chi connectivity index (χ2v) is 4.26. The highest BCUT2D eigenvalue weighted by molar-refractivity contribution is 7.80. The molecule has 0 atom stereocenters. The lowest BCUT2D eigenvalue weighted by Gasteiger charge is -2.11. The summed E-state index contributed by atoms with van der Waals surface area (Å²) in [4.78, 5) is 0. The Morgan fingerprint density at radius 3 is 2.00 bits per heavy atom. The maximum absolute atomic E-state index is 12.0. The average Bonchev–Trinajstić information content (AvgIpc) is 2.41. The first-order valence-electron chi connectivity index (χ1n) is 5.81. The van der Waals surface area contributed by atoms with Crippen LogP contribution in [0.25, 0.3) is 0 Å². The van der Waals surface area contributed by atoms with E-state index < -0.39 is 6.61 Å². The van der Waals surface area contributed by atoms with Crippen molar-refractivity contribution in [1.29, 1.82) is 0 Å². The molecule has 0 aliphatic heterocycles. The van der Waals surface area contributed by atoms with Gasteiger partial charge >= 0.3 is 6.61 Å². The Bertz CT molecular complexity index is 561. The molecule has 2 rings (SSSR count). The Morgan fingerprint density at radius 2 is 1.45 bits per heavy atom. The number of alkyl halides is 2. The number of benzene rings is 2. The fraction of sp³-hybridized carbons (Fsp3) is 0.0714. The molecule has 0 radical (unpaired) electrons. The normalized spacial score (nSPS) is 10.2. The Kier molecular flexibility index (Phi) is 4.84. The van der Waals surface area contributed by atoms with Crippen LogP contribution in [-0.4, -0.2) is 11.7 Å². The van der Waals surface area contributed by atoms with E-state index in [1.54, 1.807) is 12.1 Å². The van der Waals surface area contributed by atoms with E-state index in [0.717, 1.165) is 5.69 Å². The fourth-order valence-corrected chi connectivity index (χ4v) is 1.77. The molecule has 0 aliphatic carbocycles. The van der Waals surface area contributed by atoms with Crippen LogP contribution in [0.1, 0.15) is 0 Å². The minimum atomic E-state index is -2.82. The topological polar surface area (TPSA) is 33.3 Å². The number of hydrogen-bond acceptors (Lipinski definition) is 2. The number of rotatable bonds is 4. The van der Waals surface area contributed by atoms with E-state index >= 15 is 0 Å². The Balaban J connectivity index is 1.91. The molecule has 0 heterocycles. The summed E-state index contributed by atoms with van der Waals surface area (Å²) in [7, 11) is 0. The van der Waals surface area contributed by atoms with Crippen LogP contribution in [0, 0.1) is 0 Å². The average molecular weight is 294 g/mol. The molecule has 0 aromatic heterocycles. The van der Waals surface area contributed by atoms with Gasteiger partial charge in [0.15, 0.2) is 5.11 Å². The highest BCUT2D eigenvalue weighted by Crippen LogP contribution is 2.18. The number of ether oxygens (including phenoxy) is 1. The Hall–Kier alpha value is -2.21. The van der Waals surface area contributed by atoms with Gasteiger partial charge in [0, 0.05) is 11.4 Å². The molecule has 104 valence electrons. The van der Waals surface area contributed by atoms with Crippen LogP contribution in [0.2, 0.25) is 0 Å². The molecule has 0 spiro atoms. The summed E-state index contributed by atoms with van der Waals surface area (Å²) in [6.07, 6.45) is 0. The minimum absolute atomic E-state index is 0.104. The number of para-hydroxylation sites is 1. The van der Waals surface area contributed by atoms with Crippen LogP contribution in [-0.2, 0) is 0 Å². The van der Waals surface area contributed by atoms with E-state index in [1.165, 1.54) is 12.1 Å². The predicted molar refractivity (Wildman–Crippen MR) is 79.4 cm³/mol. The SMILES string of the molecule is FC(F)Oc1ccc(NC(=S)Nc2ccccc2)cc1. The molecule has 6 heteroatoms. The molecule has 0 aliphatic rings. The van der Waals surface area contributed by atoms with Crippen LogP contribution in [0.15, 0.2) is 54.6 Å². The third kappa shape index (κ3) is 4.47. The van der Waals surface area contributed by atoms with E-state index in [9.17, 15) is 8.78 Å². The number of halogens is 2. The largest absolute Gasteiger partial charge is 0.435 e. The first kappa shape index (κ1) is 14.2. The molecule has 3 nitrogen and oxygen atoms in total. The number of nitrogens with one attached hydrogen (secondary N) is 2. The summed E-state index contributed by atoms with van der Waals surface area (Å²) < 4.78 is 28.3. The van der Waals surface area contributed by atoms with Crippen molar-refractivity contribution in [3.05, 3.63) is 54.6 Å². The molecule has 0 bridgehead atoms. The molecule has 0 saturated heterocycles. The van der Waals surface area contributed by atoms with Gasteiger partial charge in [0.05, 0.1) is 0 Å². The van der Waals surface area contributed by atoms with E-state index in [2.05, 4.69) is 15.4 Å². The maximum atomic E-state index is 12.0. The van der Waals surface area contributed by atoms with Gasteiger partial charge in [0.25, 0.3) is 0 Å². The highest BCUT2D eigenvalue weighted by atomic mass is 32.1. The van der Waals surface area contributed by atoms with Crippen molar-refractivity contribution >= 4 is 28.7 Å². The Morgan fingerprint density at radius 1 is 0.900 bits per heavy atom. The first-order chi connectivity index (χ1) is 9.63. The van der Waals surface area contributed by atoms with Gasteiger partial charge in [-0.2, -0.15) is 8.78 Å². The van der Waals surface area contributed by atoms with E-state index in [4.69, 9.17) is 12.2 Å². The molecule has 20 heavy (non-hydrogen) atoms. The minimum Gasteiger partial charge on any atom is -0.435 e. The van der Waals surface area contributed by atoms with E-state index in [0.29, 0.717) is 10.8 Å². The van der Waals surface area contributed by atoms with Gasteiger partial charge in [0.2, 0.25) is 0 Å². The van der Waals surface area contributed by atoms with Gasteiger partial charge in [-0.05, 0) is 48.6 Å². The quantitative estimate of drug-likeness (QED) is 0.832. The lowest BCUT2D eigenvalue weighted by atomic mass is 10.3. The van der Waals surface area contributed by atoms with Gasteiger partial charge < -0.3 is 15.4 Å². The van der Waals surface area contributed by atoms with Crippen LogP contribution >= 0.6 is 12.2 Å². The number of hydrogen-bond donors (Lipinski definition) is 2. The van der Waals surface area contributed by atoms with Crippen molar-refractivity contribution in [2.24, 2.45) is 0 Å². The van der Waals surface area contributed by atoms with Crippen LogP contribution < -0.4 is 15.4 Å². The molecule has 0 amide bonds.